The lowest BCUT2D eigenvalue weighted by Gasteiger charge is -2.45. The fraction of sp³-hybridized carbons (Fsp3) is 0.684. The van der Waals surface area contributed by atoms with Crippen molar-refractivity contribution >= 4 is 11.9 Å². The van der Waals surface area contributed by atoms with Crippen molar-refractivity contribution in [3.63, 3.8) is 0 Å². The molecular formula is C19H22O7. The van der Waals surface area contributed by atoms with E-state index in [-0.39, 0.29) is 12.0 Å². The summed E-state index contributed by atoms with van der Waals surface area (Å²) in [5, 5.41) is 42.7. The molecule has 4 fully saturated rings. The summed E-state index contributed by atoms with van der Waals surface area (Å²) < 4.78 is 5.81. The Kier molecular flexibility index (Phi) is 2.68. The fourth-order valence-electron chi connectivity index (χ4n) is 7.16. The van der Waals surface area contributed by atoms with Crippen molar-refractivity contribution < 1.29 is 34.8 Å². The van der Waals surface area contributed by atoms with Crippen molar-refractivity contribution in [2.75, 3.05) is 0 Å². The second-order valence-electron chi connectivity index (χ2n) is 8.96. The zero-order valence-electron chi connectivity index (χ0n) is 14.4. The number of aliphatic hydroxyl groups excluding tert-OH is 2. The molecule has 7 heteroatoms. The maximum Gasteiger partial charge on any atom is 0.316 e. The molecule has 0 amide bonds. The fourth-order valence-corrected chi connectivity index (χ4v) is 7.16. The van der Waals surface area contributed by atoms with Gasteiger partial charge in [-0.25, -0.2) is 0 Å². The molecule has 4 aliphatic carbocycles. The normalized spacial score (nSPS) is 59.2. The van der Waals surface area contributed by atoms with Crippen LogP contribution >= 0.6 is 0 Å². The van der Waals surface area contributed by atoms with E-state index in [1.165, 1.54) is 6.08 Å². The van der Waals surface area contributed by atoms with Crippen LogP contribution in [0.2, 0.25) is 0 Å². The molecule has 26 heavy (non-hydrogen) atoms. The standard InChI is InChI=1S/C19H22O7/c1-8-13(21)18-7-17(8,25)5-3-9(18)19-6-4-10(20)16(2,15(24)26-19)12(19)11(18)14(22)23/h4,6,9-13,20-21,25H,1,3,5,7H2,2H3,(H,22,23)/t9-,10+,11?,12?,13?,16?,17+,18-,19-/m1/s1. The third-order valence-corrected chi connectivity index (χ3v) is 8.25. The number of carbonyl (C=O) groups is 2. The van der Waals surface area contributed by atoms with Crippen LogP contribution in [0.5, 0.6) is 0 Å². The summed E-state index contributed by atoms with van der Waals surface area (Å²) in [6, 6.07) is 0. The van der Waals surface area contributed by atoms with Gasteiger partial charge in [0.1, 0.15) is 11.0 Å². The lowest BCUT2D eigenvalue weighted by molar-refractivity contribution is -0.167. The zero-order valence-corrected chi connectivity index (χ0v) is 14.4. The van der Waals surface area contributed by atoms with Crippen molar-refractivity contribution in [3.05, 3.63) is 24.3 Å². The topological polar surface area (TPSA) is 124 Å². The number of esters is 1. The van der Waals surface area contributed by atoms with Crippen LogP contribution in [-0.4, -0.2) is 55.8 Å². The maximum atomic E-state index is 12.7. The monoisotopic (exact) mass is 362 g/mol. The third-order valence-electron chi connectivity index (χ3n) is 8.25. The average Bonchev–Trinajstić information content (AvgIpc) is 2.98. The summed E-state index contributed by atoms with van der Waals surface area (Å²) in [6.45, 7) is 5.40. The van der Waals surface area contributed by atoms with Gasteiger partial charge in [-0.3, -0.25) is 9.59 Å². The molecule has 0 aromatic rings. The number of carboxylic acids is 1. The molecule has 9 atom stereocenters. The van der Waals surface area contributed by atoms with Crippen molar-refractivity contribution in [2.45, 2.75) is 49.6 Å². The molecule has 1 saturated heterocycles. The molecule has 0 aromatic heterocycles. The summed E-state index contributed by atoms with van der Waals surface area (Å²) in [5.41, 5.74) is -4.80. The second kappa shape index (κ2) is 4.24. The Balaban J connectivity index is 1.81. The quantitative estimate of drug-likeness (QED) is 0.382. The van der Waals surface area contributed by atoms with Crippen LogP contribution in [0.15, 0.2) is 24.3 Å². The Bertz CT molecular complexity index is 804. The van der Waals surface area contributed by atoms with Gasteiger partial charge in [0.05, 0.1) is 23.7 Å². The molecule has 1 heterocycles. The van der Waals surface area contributed by atoms with Crippen LogP contribution in [0.1, 0.15) is 26.2 Å². The summed E-state index contributed by atoms with van der Waals surface area (Å²) >= 11 is 0. The largest absolute Gasteiger partial charge is 0.481 e. The summed E-state index contributed by atoms with van der Waals surface area (Å²) in [5.74, 6) is -4.15. The highest BCUT2D eigenvalue weighted by atomic mass is 16.6. The van der Waals surface area contributed by atoms with E-state index >= 15 is 0 Å². The molecular weight excluding hydrogens is 340 g/mol. The number of hydrogen-bond donors (Lipinski definition) is 4. The minimum Gasteiger partial charge on any atom is -0.481 e. The molecule has 4 bridgehead atoms. The minimum absolute atomic E-state index is 0.0808. The first-order chi connectivity index (χ1) is 12.1. The van der Waals surface area contributed by atoms with Gasteiger partial charge in [0, 0.05) is 17.3 Å². The number of aliphatic hydroxyl groups is 3. The minimum atomic E-state index is -1.40. The number of hydrogen-bond acceptors (Lipinski definition) is 6. The van der Waals surface area contributed by atoms with Gasteiger partial charge in [-0.05, 0) is 37.8 Å². The van der Waals surface area contributed by atoms with Crippen molar-refractivity contribution in [3.8, 4) is 0 Å². The van der Waals surface area contributed by atoms with Crippen LogP contribution in [0.4, 0.5) is 0 Å². The van der Waals surface area contributed by atoms with Gasteiger partial charge in [-0.1, -0.05) is 12.7 Å². The van der Waals surface area contributed by atoms with E-state index in [0.717, 1.165) is 0 Å². The number of rotatable bonds is 1. The number of aliphatic carboxylic acids is 1. The van der Waals surface area contributed by atoms with Crippen molar-refractivity contribution in [1.82, 2.24) is 0 Å². The second-order valence-corrected chi connectivity index (χ2v) is 8.96. The molecule has 4 unspecified atom stereocenters. The Morgan fingerprint density at radius 2 is 2.08 bits per heavy atom. The Labute approximate surface area is 150 Å². The zero-order chi connectivity index (χ0) is 18.9. The van der Waals surface area contributed by atoms with E-state index in [2.05, 4.69) is 6.58 Å². The van der Waals surface area contributed by atoms with Gasteiger partial charge in [-0.15, -0.1) is 0 Å². The van der Waals surface area contributed by atoms with Gasteiger partial charge < -0.3 is 25.2 Å². The Morgan fingerprint density at radius 3 is 2.73 bits per heavy atom. The number of carboxylic acid groups (broad SMARTS) is 1. The number of carbonyl (C=O) groups excluding carboxylic acids is 1. The Hall–Kier alpha value is -1.70. The third kappa shape index (κ3) is 1.33. The smallest absolute Gasteiger partial charge is 0.316 e. The lowest BCUT2D eigenvalue weighted by Crippen LogP contribution is -2.51. The van der Waals surface area contributed by atoms with Gasteiger partial charge in [-0.2, -0.15) is 0 Å². The Morgan fingerprint density at radius 1 is 1.38 bits per heavy atom. The van der Waals surface area contributed by atoms with Gasteiger partial charge >= 0.3 is 11.9 Å². The first-order valence-electron chi connectivity index (χ1n) is 8.99. The first-order valence-corrected chi connectivity index (χ1v) is 8.99. The van der Waals surface area contributed by atoms with Gasteiger partial charge in [0.2, 0.25) is 0 Å². The van der Waals surface area contributed by atoms with E-state index in [4.69, 9.17) is 4.74 Å². The lowest BCUT2D eigenvalue weighted by atomic mass is 9.60. The maximum absolute atomic E-state index is 12.7. The molecule has 7 nitrogen and oxygen atoms in total. The molecule has 0 aromatic carbocycles. The molecule has 1 aliphatic heterocycles. The van der Waals surface area contributed by atoms with E-state index in [0.29, 0.717) is 12.8 Å². The van der Waals surface area contributed by atoms with Crippen LogP contribution in [-0.2, 0) is 14.3 Å². The molecule has 140 valence electrons. The molecule has 5 rings (SSSR count). The average molecular weight is 362 g/mol. The SMILES string of the molecule is C=C1C(O)[C@]23C[C@@]1(O)CC[C@H]2[C@@]12C=C[C@H](O)C(C)(C(=O)O1)C2C3C(=O)O. The molecule has 0 radical (unpaired) electrons. The van der Waals surface area contributed by atoms with E-state index < -0.39 is 63.9 Å². The highest BCUT2D eigenvalue weighted by Gasteiger charge is 2.85. The van der Waals surface area contributed by atoms with E-state index in [9.17, 15) is 30.0 Å². The van der Waals surface area contributed by atoms with Crippen molar-refractivity contribution in [1.29, 1.82) is 0 Å². The van der Waals surface area contributed by atoms with Crippen LogP contribution < -0.4 is 0 Å². The predicted octanol–water partition coefficient (Wildman–Crippen LogP) is -0.00210. The van der Waals surface area contributed by atoms with Crippen LogP contribution in [0.3, 0.4) is 0 Å². The number of ether oxygens (including phenoxy) is 1. The molecule has 4 N–H and O–H groups in total. The summed E-state index contributed by atoms with van der Waals surface area (Å²) in [4.78, 5) is 25.1. The van der Waals surface area contributed by atoms with Crippen LogP contribution in [0.25, 0.3) is 0 Å². The van der Waals surface area contributed by atoms with Crippen molar-refractivity contribution in [2.24, 2.45) is 28.6 Å². The first kappa shape index (κ1) is 16.5. The molecule has 5 aliphatic rings. The van der Waals surface area contributed by atoms with E-state index in [1.807, 2.05) is 0 Å². The molecule has 3 saturated carbocycles. The van der Waals surface area contributed by atoms with Gasteiger partial charge in [0.25, 0.3) is 0 Å². The number of fused-ring (bicyclic) bond motifs is 1. The summed E-state index contributed by atoms with van der Waals surface area (Å²) in [6.07, 6.45) is 1.61. The van der Waals surface area contributed by atoms with E-state index in [1.54, 1.807) is 13.0 Å². The highest BCUT2D eigenvalue weighted by molar-refractivity contribution is 5.86. The highest BCUT2D eigenvalue weighted by Crippen LogP contribution is 2.77. The summed E-state index contributed by atoms with van der Waals surface area (Å²) in [7, 11) is 0. The molecule has 1 spiro atoms. The van der Waals surface area contributed by atoms with Crippen LogP contribution in [0, 0.1) is 28.6 Å². The predicted molar refractivity (Wildman–Crippen MR) is 86.6 cm³/mol. The van der Waals surface area contributed by atoms with Gasteiger partial charge in [0.15, 0.2) is 0 Å².